The maximum absolute atomic E-state index is 5.97. The molecule has 0 spiro atoms. The van der Waals surface area contributed by atoms with Crippen LogP contribution in [0.2, 0.25) is 10.0 Å². The number of hydrogen-bond donors (Lipinski definition) is 1. The molecule has 0 aliphatic rings. The molecule has 1 aromatic carbocycles. The van der Waals surface area contributed by atoms with Crippen LogP contribution in [0.5, 0.6) is 0 Å². The summed E-state index contributed by atoms with van der Waals surface area (Å²) in [5.74, 6) is 0. The molecule has 3 rings (SSSR count). The smallest absolute Gasteiger partial charge is 0.137 e. The molecule has 0 aliphatic carbocycles. The molecular formula is C16H15Cl2N3. The van der Waals surface area contributed by atoms with Crippen molar-refractivity contribution in [2.24, 2.45) is 0 Å². The van der Waals surface area contributed by atoms with Crippen LogP contribution >= 0.6 is 23.2 Å². The van der Waals surface area contributed by atoms with Gasteiger partial charge in [-0.05, 0) is 36.8 Å². The van der Waals surface area contributed by atoms with Crippen molar-refractivity contribution in [1.82, 2.24) is 14.7 Å². The average Bonchev–Trinajstić information content (AvgIpc) is 2.87. The van der Waals surface area contributed by atoms with Crippen molar-refractivity contribution in [3.63, 3.8) is 0 Å². The summed E-state index contributed by atoms with van der Waals surface area (Å²) in [6.45, 7) is 2.82. The number of nitrogens with zero attached hydrogens (tertiary/aromatic N) is 2. The van der Waals surface area contributed by atoms with Crippen molar-refractivity contribution in [1.29, 1.82) is 0 Å². The number of pyridine rings is 1. The van der Waals surface area contributed by atoms with E-state index in [1.54, 1.807) is 0 Å². The predicted molar refractivity (Wildman–Crippen MR) is 86.9 cm³/mol. The van der Waals surface area contributed by atoms with Gasteiger partial charge < -0.3 is 9.72 Å². The van der Waals surface area contributed by atoms with Crippen molar-refractivity contribution < 1.29 is 0 Å². The Morgan fingerprint density at radius 3 is 2.52 bits per heavy atom. The zero-order chi connectivity index (χ0) is 14.8. The molecule has 0 saturated carbocycles. The summed E-state index contributed by atoms with van der Waals surface area (Å²) in [7, 11) is 0. The first kappa shape index (κ1) is 14.4. The Balaban J connectivity index is 1.69. The van der Waals surface area contributed by atoms with Crippen LogP contribution in [0.1, 0.15) is 24.2 Å². The minimum Gasteiger partial charge on any atom is -0.305 e. The molecule has 0 fully saturated rings. The van der Waals surface area contributed by atoms with Gasteiger partial charge in [-0.2, -0.15) is 0 Å². The van der Waals surface area contributed by atoms with Crippen molar-refractivity contribution >= 4 is 28.8 Å². The van der Waals surface area contributed by atoms with Gasteiger partial charge in [0.15, 0.2) is 0 Å². The van der Waals surface area contributed by atoms with Crippen LogP contribution < -0.4 is 5.32 Å². The highest BCUT2D eigenvalue weighted by Crippen LogP contribution is 2.17. The Hall–Kier alpha value is -1.55. The fourth-order valence-electron chi connectivity index (χ4n) is 2.23. The zero-order valence-electron chi connectivity index (χ0n) is 11.6. The molecule has 0 amide bonds. The number of rotatable bonds is 4. The SMILES string of the molecule is C[C@H](NCc1cn2cc(Cl)ccc2n1)c1ccc(Cl)cc1. The molecule has 0 aliphatic heterocycles. The van der Waals surface area contributed by atoms with E-state index >= 15 is 0 Å². The number of fused-ring (bicyclic) bond motifs is 1. The number of benzene rings is 1. The van der Waals surface area contributed by atoms with E-state index in [1.165, 1.54) is 5.56 Å². The fraction of sp³-hybridized carbons (Fsp3) is 0.188. The highest BCUT2D eigenvalue weighted by Gasteiger charge is 2.07. The lowest BCUT2D eigenvalue weighted by atomic mass is 10.1. The summed E-state index contributed by atoms with van der Waals surface area (Å²) >= 11 is 11.9. The Kier molecular flexibility index (Phi) is 4.15. The van der Waals surface area contributed by atoms with Crippen molar-refractivity contribution in [3.8, 4) is 0 Å². The first-order valence-electron chi connectivity index (χ1n) is 6.74. The van der Waals surface area contributed by atoms with Crippen LogP contribution in [0.3, 0.4) is 0 Å². The molecule has 1 N–H and O–H groups in total. The average molecular weight is 320 g/mol. The van der Waals surface area contributed by atoms with Gasteiger partial charge in [-0.3, -0.25) is 0 Å². The van der Waals surface area contributed by atoms with Crippen LogP contribution in [-0.4, -0.2) is 9.38 Å². The quantitative estimate of drug-likeness (QED) is 0.767. The summed E-state index contributed by atoms with van der Waals surface area (Å²) in [4.78, 5) is 4.55. The van der Waals surface area contributed by atoms with Gasteiger partial charge >= 0.3 is 0 Å². The fourth-order valence-corrected chi connectivity index (χ4v) is 2.52. The number of aromatic nitrogens is 2. The van der Waals surface area contributed by atoms with E-state index in [9.17, 15) is 0 Å². The highest BCUT2D eigenvalue weighted by molar-refractivity contribution is 6.30. The first-order chi connectivity index (χ1) is 10.1. The molecule has 0 bridgehead atoms. The standard InChI is InChI=1S/C16H15Cl2N3/c1-11(12-2-4-13(17)5-3-12)19-8-15-10-21-9-14(18)6-7-16(21)20-15/h2-7,9-11,19H,8H2,1H3/t11-/m0/s1. The van der Waals surface area contributed by atoms with Crippen LogP contribution in [-0.2, 0) is 6.54 Å². The van der Waals surface area contributed by atoms with Crippen molar-refractivity contribution in [3.05, 3.63) is 70.1 Å². The van der Waals surface area contributed by atoms with Crippen LogP contribution in [0.4, 0.5) is 0 Å². The molecule has 3 nitrogen and oxygen atoms in total. The summed E-state index contributed by atoms with van der Waals surface area (Å²) < 4.78 is 1.94. The van der Waals surface area contributed by atoms with Gasteiger partial charge in [-0.25, -0.2) is 4.98 Å². The molecular weight excluding hydrogens is 305 g/mol. The molecule has 2 heterocycles. The third-order valence-corrected chi connectivity index (χ3v) is 3.90. The highest BCUT2D eigenvalue weighted by atomic mass is 35.5. The van der Waals surface area contributed by atoms with E-state index in [0.717, 1.165) is 16.4 Å². The lowest BCUT2D eigenvalue weighted by molar-refractivity contribution is 0.569. The lowest BCUT2D eigenvalue weighted by Gasteiger charge is -2.13. The predicted octanol–water partition coefficient (Wildman–Crippen LogP) is 4.49. The molecule has 1 atom stereocenters. The van der Waals surface area contributed by atoms with Crippen LogP contribution in [0, 0.1) is 0 Å². The van der Waals surface area contributed by atoms with Crippen LogP contribution in [0.15, 0.2) is 48.8 Å². The Morgan fingerprint density at radius 1 is 1.05 bits per heavy atom. The molecule has 21 heavy (non-hydrogen) atoms. The van der Waals surface area contributed by atoms with E-state index in [1.807, 2.05) is 53.2 Å². The lowest BCUT2D eigenvalue weighted by Crippen LogP contribution is -2.18. The molecule has 0 radical (unpaired) electrons. The largest absolute Gasteiger partial charge is 0.305 e. The molecule has 108 valence electrons. The number of halogens is 2. The Morgan fingerprint density at radius 2 is 1.76 bits per heavy atom. The minimum absolute atomic E-state index is 0.232. The number of nitrogens with one attached hydrogen (secondary N) is 1. The van der Waals surface area contributed by atoms with E-state index in [0.29, 0.717) is 11.6 Å². The topological polar surface area (TPSA) is 29.3 Å². The minimum atomic E-state index is 0.232. The van der Waals surface area contributed by atoms with Gasteiger partial charge in [0.2, 0.25) is 0 Å². The maximum Gasteiger partial charge on any atom is 0.137 e. The molecule has 3 aromatic rings. The first-order valence-corrected chi connectivity index (χ1v) is 7.49. The summed E-state index contributed by atoms with van der Waals surface area (Å²) in [5.41, 5.74) is 3.08. The summed E-state index contributed by atoms with van der Waals surface area (Å²) in [6, 6.07) is 11.9. The zero-order valence-corrected chi connectivity index (χ0v) is 13.1. The Bertz CT molecular complexity index is 750. The second-order valence-corrected chi connectivity index (χ2v) is 5.87. The van der Waals surface area contributed by atoms with Crippen molar-refractivity contribution in [2.75, 3.05) is 0 Å². The van der Waals surface area contributed by atoms with Gasteiger partial charge in [-0.1, -0.05) is 35.3 Å². The van der Waals surface area contributed by atoms with Gasteiger partial charge in [0, 0.05) is 30.0 Å². The van der Waals surface area contributed by atoms with Gasteiger partial charge in [-0.15, -0.1) is 0 Å². The summed E-state index contributed by atoms with van der Waals surface area (Å²) in [5, 5.41) is 4.91. The van der Waals surface area contributed by atoms with Gasteiger partial charge in [0.1, 0.15) is 5.65 Å². The second kappa shape index (κ2) is 6.06. The van der Waals surface area contributed by atoms with E-state index in [2.05, 4.69) is 17.2 Å². The Labute approximate surface area is 133 Å². The van der Waals surface area contributed by atoms with Crippen molar-refractivity contribution in [2.45, 2.75) is 19.5 Å². The third kappa shape index (κ3) is 3.38. The number of imidazole rings is 1. The van der Waals surface area contributed by atoms with Gasteiger partial charge in [0.25, 0.3) is 0 Å². The van der Waals surface area contributed by atoms with E-state index in [4.69, 9.17) is 23.2 Å². The van der Waals surface area contributed by atoms with Gasteiger partial charge in [0.05, 0.1) is 10.7 Å². The normalized spacial score (nSPS) is 12.7. The van der Waals surface area contributed by atoms with E-state index < -0.39 is 0 Å². The van der Waals surface area contributed by atoms with E-state index in [-0.39, 0.29) is 6.04 Å². The second-order valence-electron chi connectivity index (χ2n) is 5.00. The third-order valence-electron chi connectivity index (χ3n) is 3.42. The monoisotopic (exact) mass is 319 g/mol. The summed E-state index contributed by atoms with van der Waals surface area (Å²) in [6.07, 6.45) is 3.85. The molecule has 0 saturated heterocycles. The molecule has 2 aromatic heterocycles. The van der Waals surface area contributed by atoms with Crippen LogP contribution in [0.25, 0.3) is 5.65 Å². The maximum atomic E-state index is 5.97. The number of hydrogen-bond acceptors (Lipinski definition) is 2. The molecule has 0 unspecified atom stereocenters. The molecule has 5 heteroatoms.